The van der Waals surface area contributed by atoms with Crippen LogP contribution in [0.4, 0.5) is 0 Å². The zero-order valence-electron chi connectivity index (χ0n) is 6.77. The van der Waals surface area contributed by atoms with Gasteiger partial charge < -0.3 is 5.11 Å². The molecule has 0 aromatic carbocycles. The van der Waals surface area contributed by atoms with Crippen LogP contribution in [0.15, 0.2) is 10.5 Å². The highest BCUT2D eigenvalue weighted by atomic mass is 32.2. The Hall–Kier alpha value is -0.300. The van der Waals surface area contributed by atoms with E-state index in [0.717, 1.165) is 11.3 Å². The maximum absolute atomic E-state index is 10.7. The summed E-state index contributed by atoms with van der Waals surface area (Å²) < 4.78 is 11.1. The monoisotopic (exact) mass is 206 g/mol. The Morgan fingerprint density at radius 3 is 2.58 bits per heavy atom. The van der Waals surface area contributed by atoms with Crippen molar-refractivity contribution in [2.45, 2.75) is 23.8 Å². The van der Waals surface area contributed by atoms with Crippen molar-refractivity contribution in [2.75, 3.05) is 0 Å². The minimum Gasteiger partial charge on any atom is -0.385 e. The first kappa shape index (κ1) is 9.79. The molecule has 0 spiro atoms. The highest BCUT2D eigenvalue weighted by molar-refractivity contribution is 7.84. The molecule has 1 aromatic rings. The molecule has 68 valence electrons. The summed E-state index contributed by atoms with van der Waals surface area (Å²) in [4.78, 5) is 4.48. The van der Waals surface area contributed by atoms with Gasteiger partial charge >= 0.3 is 0 Å². The van der Waals surface area contributed by atoms with E-state index in [4.69, 9.17) is 5.14 Å². The van der Waals surface area contributed by atoms with Crippen LogP contribution in [0.25, 0.3) is 0 Å². The van der Waals surface area contributed by atoms with Gasteiger partial charge in [0.05, 0.1) is 10.5 Å². The number of nitrogens with zero attached hydrogens (tertiary/aromatic N) is 1. The highest BCUT2D eigenvalue weighted by Crippen LogP contribution is 2.26. The molecule has 0 aliphatic rings. The van der Waals surface area contributed by atoms with Crippen molar-refractivity contribution in [3.8, 4) is 0 Å². The molecule has 1 rings (SSSR count). The van der Waals surface area contributed by atoms with E-state index >= 15 is 0 Å². The lowest BCUT2D eigenvalue weighted by Crippen LogP contribution is -2.12. The van der Waals surface area contributed by atoms with Crippen LogP contribution >= 0.6 is 11.3 Å². The number of rotatable bonds is 2. The van der Waals surface area contributed by atoms with Crippen molar-refractivity contribution >= 4 is 22.3 Å². The lowest BCUT2D eigenvalue weighted by molar-refractivity contribution is 0.0823. The predicted octanol–water partition coefficient (Wildman–Crippen LogP) is 0.352. The van der Waals surface area contributed by atoms with Crippen LogP contribution in [-0.2, 0) is 16.6 Å². The summed E-state index contributed by atoms with van der Waals surface area (Å²) >= 11 is 1.16. The summed E-state index contributed by atoms with van der Waals surface area (Å²) in [7, 11) is -1.55. The minimum atomic E-state index is -1.55. The fourth-order valence-corrected chi connectivity index (χ4v) is 2.04. The Labute approximate surface area is 77.0 Å². The van der Waals surface area contributed by atoms with Crippen molar-refractivity contribution in [1.82, 2.24) is 4.98 Å². The molecule has 0 aliphatic carbocycles. The van der Waals surface area contributed by atoms with E-state index in [9.17, 15) is 9.32 Å². The van der Waals surface area contributed by atoms with Crippen molar-refractivity contribution in [2.24, 2.45) is 5.14 Å². The van der Waals surface area contributed by atoms with E-state index in [0.29, 0.717) is 9.22 Å². The van der Waals surface area contributed by atoms with Gasteiger partial charge in [0, 0.05) is 6.20 Å². The van der Waals surface area contributed by atoms with Gasteiger partial charge in [0.15, 0.2) is 15.3 Å². The maximum Gasteiger partial charge on any atom is 0.196 e. The van der Waals surface area contributed by atoms with Crippen LogP contribution in [-0.4, -0.2) is 14.3 Å². The molecular weight excluding hydrogens is 196 g/mol. The molecule has 0 fully saturated rings. The van der Waals surface area contributed by atoms with E-state index in [1.807, 2.05) is 0 Å². The molecule has 0 unspecified atom stereocenters. The summed E-state index contributed by atoms with van der Waals surface area (Å²) in [5.74, 6) is 0. The summed E-state index contributed by atoms with van der Waals surface area (Å²) in [5, 5.41) is 14.6. The first-order valence-corrected chi connectivity index (χ1v) is 5.29. The molecule has 0 saturated heterocycles. The number of thiazole rings is 1. The summed E-state index contributed by atoms with van der Waals surface area (Å²) in [6.45, 7) is 3.29. The molecule has 1 atom stereocenters. The molecule has 12 heavy (non-hydrogen) atoms. The molecular formula is C6H10N2O2S2. The number of nitrogens with two attached hydrogens (primary N) is 1. The van der Waals surface area contributed by atoms with Crippen LogP contribution in [0.2, 0.25) is 0 Å². The molecule has 4 nitrogen and oxygen atoms in total. The fraction of sp³-hybridized carbons (Fsp3) is 0.500. The lowest BCUT2D eigenvalue weighted by Gasteiger charge is -2.12. The second-order valence-electron chi connectivity index (χ2n) is 2.85. The average molecular weight is 206 g/mol. The maximum atomic E-state index is 10.7. The van der Waals surface area contributed by atoms with Gasteiger partial charge in [0.2, 0.25) is 0 Å². The Morgan fingerprint density at radius 1 is 1.75 bits per heavy atom. The van der Waals surface area contributed by atoms with Gasteiger partial charge in [-0.2, -0.15) is 0 Å². The molecule has 1 heterocycles. The van der Waals surface area contributed by atoms with Crippen molar-refractivity contribution in [1.29, 1.82) is 0 Å². The largest absolute Gasteiger partial charge is 0.385 e. The van der Waals surface area contributed by atoms with Crippen LogP contribution < -0.4 is 5.14 Å². The Morgan fingerprint density at radius 2 is 2.33 bits per heavy atom. The second-order valence-corrected chi connectivity index (χ2v) is 5.12. The normalized spacial score (nSPS) is 14.7. The van der Waals surface area contributed by atoms with E-state index in [1.54, 1.807) is 13.8 Å². The molecule has 6 heteroatoms. The van der Waals surface area contributed by atoms with Gasteiger partial charge in [-0.15, -0.1) is 11.3 Å². The highest BCUT2D eigenvalue weighted by Gasteiger charge is 2.20. The molecule has 3 N–H and O–H groups in total. The third-order valence-corrected chi connectivity index (χ3v) is 3.56. The summed E-state index contributed by atoms with van der Waals surface area (Å²) in [6.07, 6.45) is 1.49. The summed E-state index contributed by atoms with van der Waals surface area (Å²) in [5.41, 5.74) is -0.935. The van der Waals surface area contributed by atoms with Crippen molar-refractivity contribution in [3.05, 3.63) is 11.1 Å². The van der Waals surface area contributed by atoms with Crippen LogP contribution in [0.5, 0.6) is 0 Å². The topological polar surface area (TPSA) is 76.2 Å². The van der Waals surface area contributed by atoms with Crippen molar-refractivity contribution in [3.63, 3.8) is 0 Å². The van der Waals surface area contributed by atoms with Crippen molar-refractivity contribution < 1.29 is 9.32 Å². The number of hydrogen-bond acceptors (Lipinski definition) is 4. The van der Waals surface area contributed by atoms with Gasteiger partial charge in [0.1, 0.15) is 0 Å². The Kier molecular flexibility index (Phi) is 2.62. The van der Waals surface area contributed by atoms with E-state index in [1.165, 1.54) is 6.20 Å². The van der Waals surface area contributed by atoms with Gasteiger partial charge in [-0.1, -0.05) is 0 Å². The number of aliphatic hydroxyl groups is 1. The quantitative estimate of drug-likeness (QED) is 0.733. The molecule has 0 amide bonds. The Balaban J connectivity index is 3.00. The standard InChI is InChI=1S/C6H10N2O2S2/c1-6(2,9)4-3-8-5(11-4)12(7)10/h3,9H,7H2,1-2H3/t12-/m0/s1. The molecule has 0 aliphatic heterocycles. The zero-order chi connectivity index (χ0) is 9.35. The smallest absolute Gasteiger partial charge is 0.196 e. The molecule has 0 bridgehead atoms. The fourth-order valence-electron chi connectivity index (χ4n) is 0.634. The third kappa shape index (κ3) is 2.10. The van der Waals surface area contributed by atoms with Crippen LogP contribution in [0, 0.1) is 0 Å². The van der Waals surface area contributed by atoms with E-state index in [2.05, 4.69) is 4.98 Å². The van der Waals surface area contributed by atoms with E-state index < -0.39 is 16.6 Å². The number of aromatic nitrogens is 1. The average Bonchev–Trinajstić information content (AvgIpc) is 2.30. The van der Waals surface area contributed by atoms with Crippen LogP contribution in [0.3, 0.4) is 0 Å². The Bertz CT molecular complexity index is 303. The third-order valence-electron chi connectivity index (χ3n) is 1.26. The zero-order valence-corrected chi connectivity index (χ0v) is 8.41. The minimum absolute atomic E-state index is 0.340. The lowest BCUT2D eigenvalue weighted by atomic mass is 10.1. The van der Waals surface area contributed by atoms with Gasteiger partial charge in [-0.3, -0.25) is 0 Å². The molecule has 0 saturated carbocycles. The first-order valence-electron chi connectivity index (χ1n) is 3.26. The SMILES string of the molecule is CC(C)(O)c1cnc([S@@](N)=O)s1. The first-order chi connectivity index (χ1) is 5.41. The van der Waals surface area contributed by atoms with Gasteiger partial charge in [0.25, 0.3) is 0 Å². The molecule has 0 radical (unpaired) electrons. The van der Waals surface area contributed by atoms with Gasteiger partial charge in [-0.25, -0.2) is 14.3 Å². The van der Waals surface area contributed by atoms with Gasteiger partial charge in [-0.05, 0) is 13.8 Å². The van der Waals surface area contributed by atoms with Crippen LogP contribution in [0.1, 0.15) is 18.7 Å². The second kappa shape index (κ2) is 3.21. The number of hydrogen-bond donors (Lipinski definition) is 2. The predicted molar refractivity (Wildman–Crippen MR) is 48.0 cm³/mol. The summed E-state index contributed by atoms with van der Waals surface area (Å²) in [6, 6.07) is 0. The van der Waals surface area contributed by atoms with E-state index in [-0.39, 0.29) is 0 Å². The molecule has 1 aromatic heterocycles.